The van der Waals surface area contributed by atoms with E-state index in [1.807, 2.05) is 0 Å². The van der Waals surface area contributed by atoms with E-state index < -0.39 is 47.1 Å². The van der Waals surface area contributed by atoms with E-state index in [9.17, 15) is 35.9 Å². The largest absolute Gasteiger partial charge is 0.496 e. The van der Waals surface area contributed by atoms with Crippen LogP contribution in [0, 0.1) is 0 Å². The lowest BCUT2D eigenvalue weighted by Crippen LogP contribution is -2.37. The average Bonchev–Trinajstić information content (AvgIpc) is 2.93. The molecule has 3 aromatic carbocycles. The Balaban J connectivity index is 1.69. The number of carbonyl (C=O) groups is 1. The highest BCUT2D eigenvalue weighted by Gasteiger charge is 2.37. The predicted molar refractivity (Wildman–Crippen MR) is 138 cm³/mol. The molecule has 0 radical (unpaired) electrons. The molecule has 2 heterocycles. The molecule has 0 saturated heterocycles. The van der Waals surface area contributed by atoms with Gasteiger partial charge in [-0.2, -0.15) is 26.3 Å². The van der Waals surface area contributed by atoms with Gasteiger partial charge in [0.2, 0.25) is 0 Å². The van der Waals surface area contributed by atoms with Crippen LogP contribution in [-0.4, -0.2) is 36.1 Å². The van der Waals surface area contributed by atoms with Gasteiger partial charge in [-0.25, -0.2) is 0 Å². The molecule has 6 nitrogen and oxygen atoms in total. The Morgan fingerprint density at radius 3 is 2.27 bits per heavy atom. The van der Waals surface area contributed by atoms with Gasteiger partial charge in [0.05, 0.1) is 30.3 Å². The summed E-state index contributed by atoms with van der Waals surface area (Å²) in [4.78, 5) is 28.7. The van der Waals surface area contributed by atoms with E-state index in [-0.39, 0.29) is 30.3 Å². The summed E-state index contributed by atoms with van der Waals surface area (Å²) in [7, 11) is 2.63. The third-order valence-corrected chi connectivity index (χ3v) is 6.82. The van der Waals surface area contributed by atoms with E-state index in [0.717, 1.165) is 4.90 Å². The Hall–Kier alpha value is -4.48. The first-order chi connectivity index (χ1) is 19.3. The molecule has 4 aromatic rings. The molecular weight excluding hydrogens is 554 g/mol. The predicted octanol–water partition coefficient (Wildman–Crippen LogP) is 6.38. The van der Waals surface area contributed by atoms with Crippen LogP contribution >= 0.6 is 0 Å². The number of carbonyl (C=O) groups excluding carboxylic acids is 1. The van der Waals surface area contributed by atoms with Crippen molar-refractivity contribution >= 4 is 16.8 Å². The van der Waals surface area contributed by atoms with Gasteiger partial charge in [0.1, 0.15) is 23.7 Å². The van der Waals surface area contributed by atoms with Crippen LogP contribution in [0.1, 0.15) is 27.0 Å². The van der Waals surface area contributed by atoms with Crippen molar-refractivity contribution in [2.24, 2.45) is 0 Å². The molecule has 0 bridgehead atoms. The fraction of sp³-hybridized carbons (Fsp3) is 0.241. The summed E-state index contributed by atoms with van der Waals surface area (Å²) in [6.45, 7) is -0.336. The molecule has 0 atom stereocenters. The van der Waals surface area contributed by atoms with Gasteiger partial charge in [0.25, 0.3) is 11.5 Å². The number of aromatic nitrogens is 1. The second-order valence-electron chi connectivity index (χ2n) is 9.48. The summed E-state index contributed by atoms with van der Waals surface area (Å²) in [6.07, 6.45) is -10.1. The highest BCUT2D eigenvalue weighted by Crippen LogP contribution is 2.41. The molecular formula is C29H22F6N2O4. The fourth-order valence-corrected chi connectivity index (χ4v) is 5.03. The lowest BCUT2D eigenvalue weighted by Gasteiger charge is -2.26. The summed E-state index contributed by atoms with van der Waals surface area (Å²) >= 11 is 0. The zero-order valence-corrected chi connectivity index (χ0v) is 21.7. The highest BCUT2D eigenvalue weighted by atomic mass is 19.4. The number of para-hydroxylation sites is 2. The van der Waals surface area contributed by atoms with Crippen molar-refractivity contribution in [1.29, 1.82) is 0 Å². The van der Waals surface area contributed by atoms with E-state index in [0.29, 0.717) is 40.1 Å². The maximum absolute atomic E-state index is 13.9. The third kappa shape index (κ3) is 5.09. The number of rotatable bonds is 5. The van der Waals surface area contributed by atoms with E-state index >= 15 is 0 Å². The molecule has 41 heavy (non-hydrogen) atoms. The Morgan fingerprint density at radius 2 is 1.63 bits per heavy atom. The van der Waals surface area contributed by atoms with Gasteiger partial charge >= 0.3 is 12.4 Å². The van der Waals surface area contributed by atoms with Crippen LogP contribution in [0.2, 0.25) is 0 Å². The number of amides is 1. The van der Waals surface area contributed by atoms with Crippen molar-refractivity contribution in [1.82, 2.24) is 9.47 Å². The maximum atomic E-state index is 13.9. The molecule has 1 aliphatic rings. The maximum Gasteiger partial charge on any atom is 0.416 e. The lowest BCUT2D eigenvalue weighted by atomic mass is 9.93. The molecule has 1 aliphatic heterocycles. The van der Waals surface area contributed by atoms with E-state index in [1.54, 1.807) is 42.5 Å². The number of hydrogen-bond donors (Lipinski definition) is 0. The van der Waals surface area contributed by atoms with Crippen molar-refractivity contribution in [3.05, 3.63) is 93.3 Å². The summed E-state index contributed by atoms with van der Waals surface area (Å²) in [6, 6.07) is 12.9. The molecule has 1 aromatic heterocycles. The standard InChI is InChI=1S/C29H22F6N2O4/c1-36(15-16-12-17(28(30,31)32)14-18(13-16)29(33,34)35)26(38)24-23(19-6-3-4-8-21(19)40-2)20-7-5-9-22-25(20)37(27(24)39)10-11-41-22/h3-9,12-14H,10-11,15H2,1-2H3. The lowest BCUT2D eigenvalue weighted by molar-refractivity contribution is -0.143. The number of benzene rings is 3. The molecule has 5 rings (SSSR count). The first-order valence-corrected chi connectivity index (χ1v) is 12.3. The van der Waals surface area contributed by atoms with E-state index in [2.05, 4.69) is 0 Å². The minimum atomic E-state index is -5.05. The Labute approximate surface area is 229 Å². The number of halogens is 6. The number of pyridine rings is 1. The van der Waals surface area contributed by atoms with Crippen LogP contribution in [-0.2, 0) is 25.4 Å². The Bertz CT molecular complexity index is 1690. The van der Waals surface area contributed by atoms with Gasteiger partial charge in [-0.1, -0.05) is 30.3 Å². The summed E-state index contributed by atoms with van der Waals surface area (Å²) < 4.78 is 93.1. The molecule has 0 aliphatic carbocycles. The molecule has 1 amide bonds. The van der Waals surface area contributed by atoms with Crippen LogP contribution < -0.4 is 15.0 Å². The molecule has 0 unspecified atom stereocenters. The first-order valence-electron chi connectivity index (χ1n) is 12.3. The Kier molecular flexibility index (Phi) is 6.96. The van der Waals surface area contributed by atoms with Crippen LogP contribution in [0.3, 0.4) is 0 Å². The molecule has 0 spiro atoms. The van der Waals surface area contributed by atoms with E-state index in [1.165, 1.54) is 18.7 Å². The minimum absolute atomic E-state index is 0.0191. The van der Waals surface area contributed by atoms with Gasteiger partial charge in [-0.3, -0.25) is 9.59 Å². The normalized spacial score (nSPS) is 13.2. The zero-order chi connectivity index (χ0) is 29.7. The monoisotopic (exact) mass is 576 g/mol. The average molecular weight is 576 g/mol. The zero-order valence-electron chi connectivity index (χ0n) is 21.7. The van der Waals surface area contributed by atoms with Gasteiger partial charge in [-0.15, -0.1) is 0 Å². The second kappa shape index (κ2) is 10.2. The number of alkyl halides is 6. The van der Waals surface area contributed by atoms with Crippen molar-refractivity contribution in [2.45, 2.75) is 25.4 Å². The number of nitrogens with zero attached hydrogens (tertiary/aromatic N) is 2. The van der Waals surface area contributed by atoms with Crippen LogP contribution in [0.4, 0.5) is 26.3 Å². The Morgan fingerprint density at radius 1 is 0.976 bits per heavy atom. The smallest absolute Gasteiger partial charge is 0.416 e. The molecule has 0 N–H and O–H groups in total. The topological polar surface area (TPSA) is 60.8 Å². The number of hydrogen-bond acceptors (Lipinski definition) is 4. The summed E-state index contributed by atoms with van der Waals surface area (Å²) in [5.41, 5.74) is -3.31. The van der Waals surface area contributed by atoms with Crippen LogP contribution in [0.25, 0.3) is 22.0 Å². The van der Waals surface area contributed by atoms with Crippen LogP contribution in [0.15, 0.2) is 65.5 Å². The highest BCUT2D eigenvalue weighted by molar-refractivity contribution is 6.10. The molecule has 0 saturated carbocycles. The van der Waals surface area contributed by atoms with Gasteiger partial charge < -0.3 is 18.9 Å². The van der Waals surface area contributed by atoms with E-state index in [4.69, 9.17) is 9.47 Å². The van der Waals surface area contributed by atoms with Crippen molar-refractivity contribution in [3.8, 4) is 22.6 Å². The second-order valence-corrected chi connectivity index (χ2v) is 9.48. The van der Waals surface area contributed by atoms with Gasteiger partial charge in [-0.05, 0) is 35.9 Å². The third-order valence-electron chi connectivity index (χ3n) is 6.82. The quantitative estimate of drug-likeness (QED) is 0.259. The van der Waals surface area contributed by atoms with Gasteiger partial charge in [0, 0.05) is 30.1 Å². The van der Waals surface area contributed by atoms with Crippen molar-refractivity contribution in [2.75, 3.05) is 20.8 Å². The SMILES string of the molecule is COc1ccccc1-c1c(C(=O)N(C)Cc2cc(C(F)(F)F)cc(C(F)(F)F)c2)c(=O)n2c3c(cccc13)OCC2. The number of ether oxygens (including phenoxy) is 2. The fourth-order valence-electron chi connectivity index (χ4n) is 5.03. The van der Waals surface area contributed by atoms with Crippen molar-refractivity contribution in [3.63, 3.8) is 0 Å². The van der Waals surface area contributed by atoms with Gasteiger partial charge in [0.15, 0.2) is 0 Å². The molecule has 12 heteroatoms. The first kappa shape index (κ1) is 28.1. The molecule has 0 fully saturated rings. The molecule has 214 valence electrons. The minimum Gasteiger partial charge on any atom is -0.496 e. The summed E-state index contributed by atoms with van der Waals surface area (Å²) in [5.74, 6) is -0.110. The van der Waals surface area contributed by atoms with Crippen LogP contribution in [0.5, 0.6) is 11.5 Å². The van der Waals surface area contributed by atoms with Crippen molar-refractivity contribution < 1.29 is 40.6 Å². The number of methoxy groups -OCH3 is 1. The summed E-state index contributed by atoms with van der Waals surface area (Å²) in [5, 5.41) is 0.487.